The number of unbranched alkanes of at least 4 members (excludes halogenated alkanes) is 4. The summed E-state index contributed by atoms with van der Waals surface area (Å²) in [5.74, 6) is -7.99. The summed E-state index contributed by atoms with van der Waals surface area (Å²) in [4.78, 5) is 103. The zero-order valence-electron chi connectivity index (χ0n) is 52.5. The topological polar surface area (TPSA) is 439 Å². The SMILES string of the molecule is COCCCCCCCOc1ccc(-c2nnc(-c3ccc(C(=O)N[C@H]4C[C@@H](O)CNC(=O)[C@@H]5[C@@H](O)[C@@H](C)CN5C(=O)[C@H]([C@H](O)CCN)NC(=O)[C@H]([C@H](O)Cc5ccc(O)c(OCCNCCO)c5)NC(=O)[C@@H]5C[C@@H](O)CN5C(=O)[C@H]([C@@H](C)O)NC4=O)cc3)s2)cc1.Cl.Cl. The number of amides is 7. The fourth-order valence-corrected chi connectivity index (χ4v) is 11.9. The molecule has 3 aliphatic rings. The highest BCUT2D eigenvalue weighted by molar-refractivity contribution is 7.17. The van der Waals surface area contributed by atoms with Gasteiger partial charge in [-0.1, -0.05) is 55.7 Å². The van der Waals surface area contributed by atoms with E-state index in [2.05, 4.69) is 42.1 Å². The molecule has 16 N–H and O–H groups in total. The summed E-state index contributed by atoms with van der Waals surface area (Å²) in [5.41, 5.74) is 7.50. The first-order valence-corrected chi connectivity index (χ1v) is 31.8. The number of benzene rings is 3. The molecular weight excluding hydrogens is 1290 g/mol. The maximum Gasteiger partial charge on any atom is 0.251 e. The van der Waals surface area contributed by atoms with Gasteiger partial charge in [0.2, 0.25) is 35.4 Å². The van der Waals surface area contributed by atoms with Gasteiger partial charge in [0, 0.05) is 88.3 Å². The van der Waals surface area contributed by atoms with Gasteiger partial charge in [-0.15, -0.1) is 35.0 Å². The van der Waals surface area contributed by atoms with Gasteiger partial charge < -0.3 is 102 Å². The second-order valence-corrected chi connectivity index (χ2v) is 24.3. The highest BCUT2D eigenvalue weighted by atomic mass is 35.5. The van der Waals surface area contributed by atoms with Gasteiger partial charge >= 0.3 is 0 Å². The van der Waals surface area contributed by atoms with Gasteiger partial charge in [0.1, 0.15) is 58.6 Å². The van der Waals surface area contributed by atoms with Crippen LogP contribution >= 0.6 is 36.2 Å². The van der Waals surface area contributed by atoms with E-state index in [0.29, 0.717) is 22.2 Å². The standard InChI is InChI=1S/C62H87N11O18S.2ClH/c1-34-32-73-52(53(34)81)58(86)65-31-40(76)29-43(66-54(82)37-10-12-38(13-11-37)59-70-71-60(92-59)39-14-16-42(17-15-39)90-25-8-6-4-5-7-24-89-3)55(83)67-49(35(2)75)61(87)72-33-41(77)30-44(72)56(84)68-50(57(85)69-51(62(73)88)46(79)19-20-63)47(80)27-36-9-18-45(78)48(28-36)91-26-22-64-21-23-74;;/h9-18,28,34-35,40-41,43-44,46-47,49-53,64,74-81H,4-8,19-27,29-33,63H2,1-3H3,(H,65,86)(H,66,82)(H,67,83)(H,68,84)(H,69,85);2*1H/t34-,35+,40+,41+,43-,44-,46+,47+,49-,50-,51-,52-,53-;;/m0../s1. The summed E-state index contributed by atoms with van der Waals surface area (Å²) >= 11 is 1.30. The molecule has 4 aromatic rings. The lowest BCUT2D eigenvalue weighted by Gasteiger charge is -2.34. The minimum Gasteiger partial charge on any atom is -0.504 e. The van der Waals surface area contributed by atoms with Crippen molar-refractivity contribution in [3.8, 4) is 38.4 Å². The Kier molecular flexibility index (Phi) is 31.4. The van der Waals surface area contributed by atoms with Crippen LogP contribution in [0.25, 0.3) is 21.1 Å². The molecule has 7 amide bonds. The number of nitrogens with two attached hydrogens (primary N) is 1. The highest BCUT2D eigenvalue weighted by Crippen LogP contribution is 2.33. The molecule has 32 heteroatoms. The Labute approximate surface area is 560 Å². The fraction of sp³-hybridized carbons (Fsp3) is 0.565. The second kappa shape index (κ2) is 38.0. The number of methoxy groups -OCH3 is 1. The summed E-state index contributed by atoms with van der Waals surface area (Å²) in [5, 5.41) is 114. The second-order valence-electron chi connectivity index (χ2n) is 23.3. The number of β-amino-alcohol motifs (C(OH)–C–C–N with tert-alkyl or cyclic N) is 1. The Hall–Kier alpha value is -6.91. The van der Waals surface area contributed by atoms with Crippen molar-refractivity contribution in [3.05, 3.63) is 77.9 Å². The van der Waals surface area contributed by atoms with E-state index in [1.54, 1.807) is 19.2 Å². The Morgan fingerprint density at radius 1 is 0.723 bits per heavy atom. The van der Waals surface area contributed by atoms with Crippen LogP contribution in [0.2, 0.25) is 0 Å². The third-order valence-electron chi connectivity index (χ3n) is 16.2. The maximum atomic E-state index is 14.8. The zero-order chi connectivity index (χ0) is 66.6. The molecule has 3 fully saturated rings. The van der Waals surface area contributed by atoms with Crippen LogP contribution in [0, 0.1) is 5.92 Å². The Bertz CT molecular complexity index is 3100. The lowest BCUT2D eigenvalue weighted by molar-refractivity contribution is -0.147. The van der Waals surface area contributed by atoms with E-state index in [1.807, 2.05) is 24.3 Å². The first-order valence-electron chi connectivity index (χ1n) is 30.9. The smallest absolute Gasteiger partial charge is 0.251 e. The third-order valence-corrected chi connectivity index (χ3v) is 17.2. The van der Waals surface area contributed by atoms with Crippen LogP contribution in [-0.2, 0) is 39.9 Å². The summed E-state index contributed by atoms with van der Waals surface area (Å²) in [6, 6.07) is 6.62. The molecule has 7 rings (SSSR count). The van der Waals surface area contributed by atoms with Gasteiger partial charge in [-0.3, -0.25) is 33.6 Å². The predicted octanol–water partition coefficient (Wildman–Crippen LogP) is -1.34. The number of phenols is 1. The number of phenolic OH excluding ortho intramolecular Hbond substituents is 1. The van der Waals surface area contributed by atoms with Crippen molar-refractivity contribution >= 4 is 77.5 Å². The average Bonchev–Trinajstić information content (AvgIpc) is 1.62. The van der Waals surface area contributed by atoms with Gasteiger partial charge in [0.25, 0.3) is 5.91 Å². The molecule has 0 unspecified atom stereocenters. The molecule has 0 aliphatic carbocycles. The van der Waals surface area contributed by atoms with E-state index in [0.717, 1.165) is 66.7 Å². The van der Waals surface area contributed by atoms with Crippen molar-refractivity contribution in [2.24, 2.45) is 11.7 Å². The number of halogens is 2. The van der Waals surface area contributed by atoms with Crippen molar-refractivity contribution in [2.45, 2.75) is 145 Å². The van der Waals surface area contributed by atoms with Gasteiger partial charge in [-0.25, -0.2) is 0 Å². The number of hydrogen-bond donors (Lipinski definition) is 15. The van der Waals surface area contributed by atoms with Crippen molar-refractivity contribution in [3.63, 3.8) is 0 Å². The van der Waals surface area contributed by atoms with Crippen molar-refractivity contribution < 1.29 is 88.6 Å². The van der Waals surface area contributed by atoms with Crippen LogP contribution in [0.4, 0.5) is 0 Å². The molecule has 3 saturated heterocycles. The van der Waals surface area contributed by atoms with Gasteiger partial charge in [-0.05, 0) is 86.8 Å². The third kappa shape index (κ3) is 21.3. The molecule has 0 saturated carbocycles. The van der Waals surface area contributed by atoms with Gasteiger partial charge in [-0.2, -0.15) is 0 Å². The largest absolute Gasteiger partial charge is 0.504 e. The minimum atomic E-state index is -2.06. The molecule has 94 heavy (non-hydrogen) atoms. The Morgan fingerprint density at radius 2 is 1.35 bits per heavy atom. The number of ether oxygens (including phenoxy) is 3. The van der Waals surface area contributed by atoms with Crippen LogP contribution in [0.3, 0.4) is 0 Å². The molecule has 4 heterocycles. The molecular formula is C62H89Cl2N11O18S. The monoisotopic (exact) mass is 1380 g/mol. The summed E-state index contributed by atoms with van der Waals surface area (Å²) in [7, 11) is 1.70. The van der Waals surface area contributed by atoms with E-state index in [-0.39, 0.29) is 93.3 Å². The number of aliphatic hydroxyl groups excluding tert-OH is 7. The number of rotatable bonds is 26. The minimum absolute atomic E-state index is 0. The molecule has 0 radical (unpaired) electrons. The van der Waals surface area contributed by atoms with Crippen LogP contribution in [0.15, 0.2) is 66.7 Å². The van der Waals surface area contributed by atoms with Crippen molar-refractivity contribution in [1.29, 1.82) is 0 Å². The number of aliphatic hydroxyl groups is 7. The number of carbonyl (C=O) groups excluding carboxylic acids is 7. The summed E-state index contributed by atoms with van der Waals surface area (Å²) in [6.45, 7) is 2.76. The quantitative estimate of drug-likeness (QED) is 0.0323. The number of aromatic hydroxyl groups is 1. The summed E-state index contributed by atoms with van der Waals surface area (Å²) < 4.78 is 16.7. The van der Waals surface area contributed by atoms with Gasteiger partial charge in [0.15, 0.2) is 11.5 Å². The number of nitrogens with one attached hydrogen (secondary N) is 6. The lowest BCUT2D eigenvalue weighted by Crippen LogP contribution is -2.64. The summed E-state index contributed by atoms with van der Waals surface area (Å²) in [6.07, 6.45) is -6.70. The predicted molar refractivity (Wildman–Crippen MR) is 348 cm³/mol. The molecule has 0 spiro atoms. The molecule has 1 aromatic heterocycles. The Morgan fingerprint density at radius 3 is 2.00 bits per heavy atom. The van der Waals surface area contributed by atoms with Crippen molar-refractivity contribution in [1.82, 2.24) is 51.9 Å². The van der Waals surface area contributed by atoms with Crippen LogP contribution in [0.1, 0.15) is 81.1 Å². The van der Waals surface area contributed by atoms with Gasteiger partial charge in [0.05, 0.1) is 49.8 Å². The Balaban J connectivity index is 0.00000800. The highest BCUT2D eigenvalue weighted by Gasteiger charge is 2.50. The molecule has 3 aliphatic heterocycles. The maximum absolute atomic E-state index is 14.8. The van der Waals surface area contributed by atoms with Crippen LogP contribution in [-0.4, -0.2) is 248 Å². The van der Waals surface area contributed by atoms with Crippen molar-refractivity contribution in [2.75, 3.05) is 72.8 Å². The average molecular weight is 1380 g/mol. The number of fused-ring (bicyclic) bond motifs is 2. The molecule has 29 nitrogen and oxygen atoms in total. The lowest BCUT2D eigenvalue weighted by atomic mass is 9.98. The first kappa shape index (κ1) is 77.8. The van der Waals surface area contributed by atoms with E-state index < -0.39 is 152 Å². The van der Waals surface area contributed by atoms with E-state index >= 15 is 0 Å². The van der Waals surface area contributed by atoms with E-state index in [1.165, 1.54) is 48.6 Å². The number of hydrogen-bond acceptors (Lipinski definition) is 23. The van der Waals surface area contributed by atoms with E-state index in [4.69, 9.17) is 25.1 Å². The molecule has 13 atom stereocenters. The zero-order valence-corrected chi connectivity index (χ0v) is 55.0. The fourth-order valence-electron chi connectivity index (χ4n) is 11.1. The van der Waals surface area contributed by atoms with Crippen LogP contribution in [0.5, 0.6) is 17.2 Å². The number of aromatic nitrogens is 2. The van der Waals surface area contributed by atoms with Crippen LogP contribution < -0.4 is 47.1 Å². The molecule has 0 bridgehead atoms. The molecule has 520 valence electrons. The molecule has 3 aromatic carbocycles. The van der Waals surface area contributed by atoms with E-state index in [9.17, 15) is 69.3 Å². The number of carbonyl (C=O) groups is 7. The normalized spacial score (nSPS) is 24.2. The number of nitrogens with zero attached hydrogens (tertiary/aromatic N) is 4. The first-order chi connectivity index (χ1) is 44.1.